The van der Waals surface area contributed by atoms with Crippen LogP contribution in [0.3, 0.4) is 0 Å². The molecule has 0 fully saturated rings. The van der Waals surface area contributed by atoms with Crippen molar-refractivity contribution in [2.75, 3.05) is 40.0 Å². The highest BCUT2D eigenvalue weighted by molar-refractivity contribution is 5.27. The molecular weight excluding hydrogens is 737 g/mol. The number of ether oxygens (including phenoxy) is 7. The highest BCUT2D eigenvalue weighted by atomic mass is 16.7. The molecule has 2 atom stereocenters. The lowest BCUT2D eigenvalue weighted by molar-refractivity contribution is -0.167. The molecule has 336 valence electrons. The van der Waals surface area contributed by atoms with Gasteiger partial charge >= 0.3 is 0 Å². The zero-order chi connectivity index (χ0) is 42.4. The molecule has 2 rings (SSSR count). The molecule has 7 heteroatoms. The van der Waals surface area contributed by atoms with Crippen molar-refractivity contribution < 1.29 is 33.2 Å². The highest BCUT2D eigenvalue weighted by Gasteiger charge is 2.26. The van der Waals surface area contributed by atoms with Gasteiger partial charge < -0.3 is 33.2 Å². The molecule has 0 N–H and O–H groups in total. The van der Waals surface area contributed by atoms with Crippen LogP contribution in [0.15, 0.2) is 83.7 Å². The van der Waals surface area contributed by atoms with Crippen molar-refractivity contribution in [3.63, 3.8) is 0 Å². The molecule has 0 aliphatic heterocycles. The van der Waals surface area contributed by atoms with Crippen molar-refractivity contribution in [2.24, 2.45) is 0 Å². The summed E-state index contributed by atoms with van der Waals surface area (Å²) < 4.78 is 44.5. The number of rotatable bonds is 40. The topological polar surface area (TPSA) is 64.6 Å². The maximum Gasteiger partial charge on any atom is 0.167 e. The summed E-state index contributed by atoms with van der Waals surface area (Å²) in [6, 6.07) is 20.4. The Labute approximate surface area is 362 Å². The summed E-state index contributed by atoms with van der Waals surface area (Å²) in [5.74, 6) is 3.16. The van der Waals surface area contributed by atoms with Gasteiger partial charge in [0.05, 0.1) is 26.4 Å². The van der Waals surface area contributed by atoms with Crippen LogP contribution in [0.25, 0.3) is 0 Å². The first-order chi connectivity index (χ1) is 29.1. The van der Waals surface area contributed by atoms with E-state index < -0.39 is 12.2 Å². The van der Waals surface area contributed by atoms with Gasteiger partial charge in [0, 0.05) is 12.8 Å². The van der Waals surface area contributed by atoms with Crippen LogP contribution in [-0.4, -0.2) is 40.0 Å². The second kappa shape index (κ2) is 36.8. The van der Waals surface area contributed by atoms with Crippen LogP contribution in [0.5, 0.6) is 0 Å². The van der Waals surface area contributed by atoms with Crippen LogP contribution in [0.1, 0.15) is 206 Å². The van der Waals surface area contributed by atoms with Crippen molar-refractivity contribution in [2.45, 2.75) is 195 Å². The summed E-state index contributed by atoms with van der Waals surface area (Å²) >= 11 is 0. The predicted molar refractivity (Wildman–Crippen MR) is 245 cm³/mol. The van der Waals surface area contributed by atoms with Crippen LogP contribution in [0.4, 0.5) is 0 Å². The maximum atomic E-state index is 6.54. The largest absolute Gasteiger partial charge is 0.495 e. The van der Waals surface area contributed by atoms with Gasteiger partial charge in [0.2, 0.25) is 0 Å². The summed E-state index contributed by atoms with van der Waals surface area (Å²) in [5, 5.41) is 0. The molecular formula is C52H86O7. The summed E-state index contributed by atoms with van der Waals surface area (Å²) in [6.45, 7) is 14.8. The lowest BCUT2D eigenvalue weighted by Gasteiger charge is -2.26. The Morgan fingerprint density at radius 3 is 0.983 bits per heavy atom. The normalized spacial score (nSPS) is 13.4. The van der Waals surface area contributed by atoms with Gasteiger partial charge in [-0.05, 0) is 51.7 Å². The number of hydrogen-bond acceptors (Lipinski definition) is 7. The van der Waals surface area contributed by atoms with Gasteiger partial charge in [-0.1, -0.05) is 190 Å². The fourth-order valence-corrected chi connectivity index (χ4v) is 7.51. The monoisotopic (exact) mass is 823 g/mol. The van der Waals surface area contributed by atoms with Gasteiger partial charge in [-0.25, -0.2) is 0 Å². The summed E-state index contributed by atoms with van der Waals surface area (Å²) in [5.41, 5.74) is 1.97. The van der Waals surface area contributed by atoms with Crippen molar-refractivity contribution in [3.05, 3.63) is 94.8 Å². The van der Waals surface area contributed by atoms with Gasteiger partial charge in [0.25, 0.3) is 0 Å². The zero-order valence-corrected chi connectivity index (χ0v) is 38.6. The predicted octanol–water partition coefficient (Wildman–Crippen LogP) is 15.6. The molecule has 2 aromatic carbocycles. The van der Waals surface area contributed by atoms with Crippen molar-refractivity contribution >= 4 is 0 Å². The zero-order valence-electron chi connectivity index (χ0n) is 38.6. The van der Waals surface area contributed by atoms with Crippen molar-refractivity contribution in [1.29, 1.82) is 0 Å². The molecule has 0 bridgehead atoms. The molecule has 2 unspecified atom stereocenters. The van der Waals surface area contributed by atoms with E-state index in [1.54, 1.807) is 0 Å². The van der Waals surface area contributed by atoms with Crippen LogP contribution >= 0.6 is 0 Å². The minimum Gasteiger partial charge on any atom is -0.495 e. The first-order valence-corrected chi connectivity index (χ1v) is 24.0. The second-order valence-electron chi connectivity index (χ2n) is 15.5. The fraction of sp³-hybridized carbons (Fsp3) is 0.692. The van der Waals surface area contributed by atoms with Crippen LogP contribution in [0.2, 0.25) is 0 Å². The first-order valence-electron chi connectivity index (χ1n) is 24.0. The SMILES string of the molecule is CCCCCCCCCCCCC(OCC)=C(OCC)C(OCOCOC(C(OCC)=C(CCCCCCCCCCCC)OCC)c1ccccc1)c1ccccc1. The smallest absolute Gasteiger partial charge is 0.167 e. The van der Waals surface area contributed by atoms with Gasteiger partial charge in [-0.2, -0.15) is 0 Å². The van der Waals surface area contributed by atoms with Gasteiger partial charge in [0.1, 0.15) is 23.7 Å². The van der Waals surface area contributed by atoms with Crippen molar-refractivity contribution in [3.8, 4) is 0 Å². The molecule has 59 heavy (non-hydrogen) atoms. The van der Waals surface area contributed by atoms with E-state index in [0.29, 0.717) is 26.4 Å². The van der Waals surface area contributed by atoms with Gasteiger partial charge in [0.15, 0.2) is 25.1 Å². The molecule has 0 aliphatic carbocycles. The fourth-order valence-electron chi connectivity index (χ4n) is 7.51. The Kier molecular flexibility index (Phi) is 32.5. The average molecular weight is 823 g/mol. The molecule has 0 spiro atoms. The van der Waals surface area contributed by atoms with Crippen LogP contribution < -0.4 is 0 Å². The number of hydrogen-bond donors (Lipinski definition) is 0. The molecule has 0 amide bonds. The van der Waals surface area contributed by atoms with E-state index in [1.165, 1.54) is 116 Å². The lowest BCUT2D eigenvalue weighted by Crippen LogP contribution is -2.18. The average Bonchev–Trinajstić information content (AvgIpc) is 3.26. The standard InChI is InChI=1S/C52H86O7/c1-7-13-15-17-19-21-23-25-27-35-41-47(54-9-3)51(56-11-5)49(45-37-31-29-32-38-45)58-43-53-44-59-50(46-39-33-30-34-40-46)52(57-12-6)48(55-10-4)42-36-28-26-24-22-20-18-16-14-8-2/h29-34,37-40,49-50H,7-28,35-36,41-44H2,1-6H3. The molecule has 0 aromatic heterocycles. The van der Waals surface area contributed by atoms with E-state index in [9.17, 15) is 0 Å². The van der Waals surface area contributed by atoms with Crippen LogP contribution in [-0.2, 0) is 33.2 Å². The molecule has 0 saturated carbocycles. The Balaban J connectivity index is 2.13. The quantitative estimate of drug-likeness (QED) is 0.0377. The number of allylic oxidation sites excluding steroid dienone is 2. The Morgan fingerprint density at radius 1 is 0.373 bits per heavy atom. The van der Waals surface area contributed by atoms with E-state index in [0.717, 1.165) is 59.8 Å². The van der Waals surface area contributed by atoms with Crippen LogP contribution in [0, 0.1) is 0 Å². The summed E-state index contributed by atoms with van der Waals surface area (Å²) in [7, 11) is 0. The molecule has 0 saturated heterocycles. The Hall–Kier alpha value is -3.00. The minimum absolute atomic E-state index is 0.0000897. The maximum absolute atomic E-state index is 6.54. The number of unbranched alkanes of at least 4 members (excludes halogenated alkanes) is 18. The third-order valence-corrected chi connectivity index (χ3v) is 10.6. The molecule has 0 heterocycles. The third kappa shape index (κ3) is 23.5. The van der Waals surface area contributed by atoms with Gasteiger partial charge in [-0.15, -0.1) is 0 Å². The third-order valence-electron chi connectivity index (χ3n) is 10.6. The first kappa shape index (κ1) is 52.1. The van der Waals surface area contributed by atoms with Crippen molar-refractivity contribution in [1.82, 2.24) is 0 Å². The molecule has 0 radical (unpaired) electrons. The van der Waals surface area contributed by atoms with E-state index in [4.69, 9.17) is 33.2 Å². The highest BCUT2D eigenvalue weighted by Crippen LogP contribution is 2.34. The Bertz CT molecular complexity index is 1200. The molecule has 2 aromatic rings. The lowest BCUT2D eigenvalue weighted by atomic mass is 10.0. The molecule has 0 aliphatic rings. The molecule has 7 nitrogen and oxygen atoms in total. The van der Waals surface area contributed by atoms with E-state index in [1.807, 2.05) is 64.1 Å². The van der Waals surface area contributed by atoms with E-state index in [-0.39, 0.29) is 13.6 Å². The Morgan fingerprint density at radius 2 is 0.678 bits per heavy atom. The summed E-state index contributed by atoms with van der Waals surface area (Å²) in [6.07, 6.45) is 26.3. The minimum atomic E-state index is -0.491. The van der Waals surface area contributed by atoms with Gasteiger partial charge in [-0.3, -0.25) is 0 Å². The number of benzene rings is 2. The van der Waals surface area contributed by atoms with E-state index >= 15 is 0 Å². The van der Waals surface area contributed by atoms with E-state index in [2.05, 4.69) is 38.1 Å². The summed E-state index contributed by atoms with van der Waals surface area (Å²) in [4.78, 5) is 0. The second-order valence-corrected chi connectivity index (χ2v) is 15.5.